The summed E-state index contributed by atoms with van der Waals surface area (Å²) in [5, 5.41) is 3.62. The van der Waals surface area contributed by atoms with Crippen molar-refractivity contribution in [2.45, 2.75) is 58.5 Å². The smallest absolute Gasteiger partial charge is 0.0117 e. The molecule has 2 heteroatoms. The van der Waals surface area contributed by atoms with Crippen LogP contribution in [0.15, 0.2) is 0 Å². The molecule has 2 fully saturated rings. The van der Waals surface area contributed by atoms with Gasteiger partial charge in [-0.05, 0) is 51.1 Å². The zero-order valence-corrected chi connectivity index (χ0v) is 11.2. The molecule has 0 aromatic carbocycles. The lowest BCUT2D eigenvalue weighted by molar-refractivity contribution is 0.0572. The van der Waals surface area contributed by atoms with Crippen LogP contribution in [0.4, 0.5) is 0 Å². The first kappa shape index (κ1) is 12.4. The van der Waals surface area contributed by atoms with Gasteiger partial charge in [-0.25, -0.2) is 0 Å². The highest BCUT2D eigenvalue weighted by atomic mass is 15.2. The fraction of sp³-hybridized carbons (Fsp3) is 1.00. The van der Waals surface area contributed by atoms with Gasteiger partial charge in [0.05, 0.1) is 0 Å². The van der Waals surface area contributed by atoms with E-state index in [0.717, 1.165) is 30.5 Å². The minimum Gasteiger partial charge on any atom is -0.314 e. The van der Waals surface area contributed by atoms with Crippen LogP contribution in [0.3, 0.4) is 0 Å². The van der Waals surface area contributed by atoms with E-state index >= 15 is 0 Å². The molecule has 1 heterocycles. The predicted octanol–water partition coefficient (Wildman–Crippen LogP) is 2.49. The number of hydrogen-bond donors (Lipinski definition) is 1. The highest BCUT2D eigenvalue weighted by Gasteiger charge is 2.33. The summed E-state index contributed by atoms with van der Waals surface area (Å²) in [6, 6.07) is 1.59. The molecule has 2 aliphatic rings. The third-order valence-corrected chi connectivity index (χ3v) is 4.81. The molecule has 1 aliphatic heterocycles. The van der Waals surface area contributed by atoms with Gasteiger partial charge < -0.3 is 10.2 Å². The minimum atomic E-state index is 0.759. The summed E-state index contributed by atoms with van der Waals surface area (Å²) in [6.07, 6.45) is 5.76. The van der Waals surface area contributed by atoms with Gasteiger partial charge in [0.1, 0.15) is 0 Å². The van der Waals surface area contributed by atoms with Crippen LogP contribution < -0.4 is 5.32 Å². The first-order valence-corrected chi connectivity index (χ1v) is 7.19. The van der Waals surface area contributed by atoms with Crippen LogP contribution in [-0.4, -0.2) is 36.6 Å². The van der Waals surface area contributed by atoms with Gasteiger partial charge in [0.15, 0.2) is 0 Å². The van der Waals surface area contributed by atoms with Gasteiger partial charge in [0.2, 0.25) is 0 Å². The SMILES string of the molecule is CCNC1CCN(C(C)C2CCC2)CC1C. The predicted molar refractivity (Wildman–Crippen MR) is 69.6 cm³/mol. The number of rotatable bonds is 4. The lowest BCUT2D eigenvalue weighted by Gasteiger charge is -2.45. The molecule has 1 N–H and O–H groups in total. The maximum Gasteiger partial charge on any atom is 0.0117 e. The molecule has 0 radical (unpaired) electrons. The van der Waals surface area contributed by atoms with E-state index in [1.165, 1.54) is 38.8 Å². The molecule has 1 saturated heterocycles. The minimum absolute atomic E-state index is 0.759. The Balaban J connectivity index is 1.81. The molecule has 3 atom stereocenters. The van der Waals surface area contributed by atoms with Crippen LogP contribution in [0.25, 0.3) is 0 Å². The molecule has 1 aliphatic carbocycles. The second-order valence-corrected chi connectivity index (χ2v) is 5.86. The van der Waals surface area contributed by atoms with E-state index < -0.39 is 0 Å². The van der Waals surface area contributed by atoms with E-state index in [0.29, 0.717) is 0 Å². The maximum atomic E-state index is 3.62. The summed E-state index contributed by atoms with van der Waals surface area (Å²) >= 11 is 0. The monoisotopic (exact) mass is 224 g/mol. The highest BCUT2D eigenvalue weighted by Crippen LogP contribution is 2.33. The van der Waals surface area contributed by atoms with Crippen LogP contribution in [0.2, 0.25) is 0 Å². The molecule has 0 bridgehead atoms. The molecule has 2 rings (SSSR count). The number of nitrogens with zero attached hydrogens (tertiary/aromatic N) is 1. The van der Waals surface area contributed by atoms with Crippen molar-refractivity contribution in [3.8, 4) is 0 Å². The quantitative estimate of drug-likeness (QED) is 0.789. The fourth-order valence-electron chi connectivity index (χ4n) is 3.33. The second-order valence-electron chi connectivity index (χ2n) is 5.86. The zero-order valence-electron chi connectivity index (χ0n) is 11.2. The van der Waals surface area contributed by atoms with Crippen molar-refractivity contribution in [2.24, 2.45) is 11.8 Å². The van der Waals surface area contributed by atoms with Crippen molar-refractivity contribution < 1.29 is 0 Å². The molecule has 1 saturated carbocycles. The van der Waals surface area contributed by atoms with Crippen LogP contribution in [0, 0.1) is 11.8 Å². The number of nitrogens with one attached hydrogen (secondary N) is 1. The summed E-state index contributed by atoms with van der Waals surface area (Å²) in [6.45, 7) is 10.8. The highest BCUT2D eigenvalue weighted by molar-refractivity contribution is 4.88. The standard InChI is InChI=1S/C14H28N2/c1-4-15-14-8-9-16(10-11(14)2)12(3)13-6-5-7-13/h11-15H,4-10H2,1-3H3. The molecule has 3 unspecified atom stereocenters. The van der Waals surface area contributed by atoms with Crippen molar-refractivity contribution in [3.05, 3.63) is 0 Å². The average Bonchev–Trinajstić information content (AvgIpc) is 2.18. The molecule has 0 spiro atoms. The first-order valence-electron chi connectivity index (χ1n) is 7.19. The van der Waals surface area contributed by atoms with E-state index in [1.807, 2.05) is 0 Å². The maximum absolute atomic E-state index is 3.62. The Labute approximate surface area is 101 Å². The Kier molecular flexibility index (Phi) is 4.26. The Hall–Kier alpha value is -0.0800. The summed E-state index contributed by atoms with van der Waals surface area (Å²) in [7, 11) is 0. The second kappa shape index (κ2) is 5.50. The lowest BCUT2D eigenvalue weighted by atomic mass is 9.78. The molecular formula is C14H28N2. The van der Waals surface area contributed by atoms with Gasteiger partial charge in [-0.2, -0.15) is 0 Å². The third-order valence-electron chi connectivity index (χ3n) is 4.81. The molecular weight excluding hydrogens is 196 g/mol. The van der Waals surface area contributed by atoms with Gasteiger partial charge in [-0.15, -0.1) is 0 Å². The van der Waals surface area contributed by atoms with E-state index in [1.54, 1.807) is 0 Å². The average molecular weight is 224 g/mol. The van der Waals surface area contributed by atoms with E-state index in [4.69, 9.17) is 0 Å². The van der Waals surface area contributed by atoms with Crippen molar-refractivity contribution in [1.29, 1.82) is 0 Å². The van der Waals surface area contributed by atoms with E-state index in [9.17, 15) is 0 Å². The van der Waals surface area contributed by atoms with Gasteiger partial charge in [-0.1, -0.05) is 20.3 Å². The summed E-state index contributed by atoms with van der Waals surface area (Å²) in [5.41, 5.74) is 0. The Bertz CT molecular complexity index is 213. The van der Waals surface area contributed by atoms with E-state index in [2.05, 4.69) is 31.0 Å². The molecule has 0 aromatic rings. The Morgan fingerprint density at radius 3 is 2.56 bits per heavy atom. The number of likely N-dealkylation sites (tertiary alicyclic amines) is 1. The van der Waals surface area contributed by atoms with Crippen LogP contribution in [0.1, 0.15) is 46.5 Å². The molecule has 16 heavy (non-hydrogen) atoms. The normalized spacial score (nSPS) is 34.7. The van der Waals surface area contributed by atoms with Crippen molar-refractivity contribution in [1.82, 2.24) is 10.2 Å². The van der Waals surface area contributed by atoms with Gasteiger partial charge in [-0.3, -0.25) is 0 Å². The lowest BCUT2D eigenvalue weighted by Crippen LogP contribution is -2.53. The Morgan fingerprint density at radius 2 is 2.06 bits per heavy atom. The van der Waals surface area contributed by atoms with Crippen LogP contribution in [0.5, 0.6) is 0 Å². The van der Waals surface area contributed by atoms with E-state index in [-0.39, 0.29) is 0 Å². The summed E-state index contributed by atoms with van der Waals surface area (Å²) < 4.78 is 0. The van der Waals surface area contributed by atoms with Crippen molar-refractivity contribution in [3.63, 3.8) is 0 Å². The summed E-state index contributed by atoms with van der Waals surface area (Å²) in [4.78, 5) is 2.74. The molecule has 0 amide bonds. The largest absolute Gasteiger partial charge is 0.314 e. The Morgan fingerprint density at radius 1 is 1.31 bits per heavy atom. The number of hydrogen-bond acceptors (Lipinski definition) is 2. The molecule has 94 valence electrons. The van der Waals surface area contributed by atoms with Crippen LogP contribution in [-0.2, 0) is 0 Å². The topological polar surface area (TPSA) is 15.3 Å². The number of piperidine rings is 1. The zero-order chi connectivity index (χ0) is 11.5. The summed E-state index contributed by atoms with van der Waals surface area (Å²) in [5.74, 6) is 1.82. The van der Waals surface area contributed by atoms with Gasteiger partial charge >= 0.3 is 0 Å². The van der Waals surface area contributed by atoms with Crippen LogP contribution >= 0.6 is 0 Å². The van der Waals surface area contributed by atoms with Gasteiger partial charge in [0, 0.05) is 18.6 Å². The fourth-order valence-corrected chi connectivity index (χ4v) is 3.33. The van der Waals surface area contributed by atoms with Crippen molar-refractivity contribution in [2.75, 3.05) is 19.6 Å². The molecule has 2 nitrogen and oxygen atoms in total. The molecule has 0 aromatic heterocycles. The third kappa shape index (κ3) is 2.60. The van der Waals surface area contributed by atoms with Gasteiger partial charge in [0.25, 0.3) is 0 Å². The van der Waals surface area contributed by atoms with Crippen molar-refractivity contribution >= 4 is 0 Å². The first-order chi connectivity index (χ1) is 7.72.